The van der Waals surface area contributed by atoms with Gasteiger partial charge in [-0.1, -0.05) is 105 Å². The fraction of sp³-hybridized carbons (Fsp3) is 0.645. The molecule has 2 fully saturated rings. The summed E-state index contributed by atoms with van der Waals surface area (Å²) in [7, 11) is 6.03. The summed E-state index contributed by atoms with van der Waals surface area (Å²) in [5, 5.41) is 25.0. The van der Waals surface area contributed by atoms with Gasteiger partial charge in [0.05, 0.1) is 67.2 Å². The number of nitrogens with zero attached hydrogens (tertiary/aromatic N) is 3. The van der Waals surface area contributed by atoms with Crippen LogP contribution >= 0.6 is 0 Å². The molecule has 2 heterocycles. The number of urea groups is 1. The Bertz CT molecular complexity index is 2670. The molecule has 25 heteroatoms. The van der Waals surface area contributed by atoms with Crippen LogP contribution in [0, 0.1) is 29.6 Å². The molecule has 0 bridgehead atoms. The number of anilines is 1. The number of rotatable bonds is 32. The van der Waals surface area contributed by atoms with Crippen molar-refractivity contribution in [2.24, 2.45) is 41.1 Å². The van der Waals surface area contributed by atoms with Crippen LogP contribution in [0.25, 0.3) is 0 Å². The third kappa shape index (κ3) is 19.9. The van der Waals surface area contributed by atoms with Crippen molar-refractivity contribution in [3.05, 3.63) is 65.2 Å². The average molecular weight is 1220 g/mol. The lowest BCUT2D eigenvalue weighted by Crippen LogP contribution is -2.60. The Hall–Kier alpha value is -7.22. The van der Waals surface area contributed by atoms with E-state index < -0.39 is 138 Å². The summed E-state index contributed by atoms with van der Waals surface area (Å²) in [5.41, 5.74) is 13.2. The van der Waals surface area contributed by atoms with Gasteiger partial charge in [-0.2, -0.15) is 0 Å². The maximum Gasteiger partial charge on any atom is 0.410 e. The maximum atomic E-state index is 14.8. The number of likely N-dealkylation sites (N-methyl/N-ethyl adjacent to an activating group) is 2. The van der Waals surface area contributed by atoms with Gasteiger partial charge >= 0.3 is 24.1 Å². The predicted octanol–water partition coefficient (Wildman–Crippen LogP) is 3.99. The highest BCUT2D eigenvalue weighted by molar-refractivity contribution is 5.99. The highest BCUT2D eigenvalue weighted by Gasteiger charge is 2.44. The minimum absolute atomic E-state index is 0.0605. The molecule has 484 valence electrons. The van der Waals surface area contributed by atoms with Crippen molar-refractivity contribution >= 4 is 65.2 Å². The molecule has 2 aromatic carbocycles. The van der Waals surface area contributed by atoms with Crippen molar-refractivity contribution in [3.63, 3.8) is 0 Å². The number of nitrogens with two attached hydrogens (primary N) is 2. The van der Waals surface area contributed by atoms with Crippen LogP contribution in [0.4, 0.5) is 15.3 Å². The summed E-state index contributed by atoms with van der Waals surface area (Å²) in [6.45, 7) is 18.4. The second-order valence-corrected chi connectivity index (χ2v) is 24.1. The third-order valence-corrected chi connectivity index (χ3v) is 16.7. The molecule has 0 radical (unpaired) electrons. The van der Waals surface area contributed by atoms with Gasteiger partial charge in [0.2, 0.25) is 35.4 Å². The Morgan fingerprint density at radius 2 is 1.44 bits per heavy atom. The van der Waals surface area contributed by atoms with Crippen LogP contribution in [0.1, 0.15) is 143 Å². The number of cyclic esters (lactones) is 2. The van der Waals surface area contributed by atoms with E-state index in [1.54, 1.807) is 116 Å². The van der Waals surface area contributed by atoms with Crippen molar-refractivity contribution in [1.82, 2.24) is 36.0 Å². The number of hydrogen-bond donors (Lipinski definition) is 8. The minimum atomic E-state index is -1.12. The smallest absolute Gasteiger partial charge is 0.410 e. The average Bonchev–Trinajstić information content (AvgIpc) is 3.91. The van der Waals surface area contributed by atoms with E-state index in [0.717, 1.165) is 0 Å². The number of aliphatic hydroxyl groups excluding tert-OH is 1. The predicted molar refractivity (Wildman–Crippen MR) is 324 cm³/mol. The van der Waals surface area contributed by atoms with E-state index in [-0.39, 0.29) is 50.2 Å². The third-order valence-electron chi connectivity index (χ3n) is 16.7. The zero-order valence-corrected chi connectivity index (χ0v) is 53.1. The Labute approximate surface area is 511 Å². The van der Waals surface area contributed by atoms with Crippen molar-refractivity contribution in [2.45, 2.75) is 187 Å². The number of amides is 9. The lowest BCUT2D eigenvalue weighted by Gasteiger charge is -2.41. The van der Waals surface area contributed by atoms with Gasteiger partial charge in [0, 0.05) is 47.1 Å². The molecule has 1 unspecified atom stereocenters. The summed E-state index contributed by atoms with van der Waals surface area (Å²) >= 11 is 0. The molecule has 25 nitrogen and oxygen atoms in total. The molecule has 2 saturated heterocycles. The number of benzene rings is 2. The van der Waals surface area contributed by atoms with E-state index in [1.165, 1.54) is 31.1 Å². The van der Waals surface area contributed by atoms with E-state index in [1.807, 2.05) is 13.8 Å². The van der Waals surface area contributed by atoms with Crippen molar-refractivity contribution < 1.29 is 72.0 Å². The number of esters is 2. The number of hydrogen-bond acceptors (Lipinski definition) is 16. The molecule has 2 aromatic rings. The first-order chi connectivity index (χ1) is 41.0. The second-order valence-electron chi connectivity index (χ2n) is 24.1. The highest BCUT2D eigenvalue weighted by Crippen LogP contribution is 2.32. The molecule has 10 N–H and O–H groups in total. The first-order valence-electron chi connectivity index (χ1n) is 30.1. The number of primary amides is 1. The molecular formula is C62H96N10O15. The Kier molecular flexibility index (Phi) is 28.1. The van der Waals surface area contributed by atoms with Gasteiger partial charge in [0.1, 0.15) is 24.7 Å². The zero-order valence-electron chi connectivity index (χ0n) is 53.1. The zero-order chi connectivity index (χ0) is 65.1. The molecule has 0 spiro atoms. The van der Waals surface area contributed by atoms with Gasteiger partial charge in [0.25, 0.3) is 0 Å². The van der Waals surface area contributed by atoms with Crippen LogP contribution in [-0.2, 0) is 63.9 Å². The summed E-state index contributed by atoms with van der Waals surface area (Å²) < 4.78 is 22.4. The number of aliphatic hydroxyl groups is 1. The number of likely N-dealkylation sites (tertiary alicyclic amines) is 1. The normalized spacial score (nSPS) is 18.9. The Morgan fingerprint density at radius 3 is 1.98 bits per heavy atom. The lowest BCUT2D eigenvalue weighted by molar-refractivity contribution is -0.152. The van der Waals surface area contributed by atoms with Gasteiger partial charge in [-0.3, -0.25) is 43.3 Å². The van der Waals surface area contributed by atoms with Crippen LogP contribution in [0.15, 0.2) is 48.5 Å². The van der Waals surface area contributed by atoms with Gasteiger partial charge < -0.3 is 71.9 Å². The summed E-state index contributed by atoms with van der Waals surface area (Å²) in [6, 6.07) is 6.47. The topological polar surface area (TPSA) is 350 Å². The summed E-state index contributed by atoms with van der Waals surface area (Å²) in [5.74, 6) is -6.62. The Balaban J connectivity index is 1.39. The highest BCUT2D eigenvalue weighted by atomic mass is 16.6. The molecule has 13 atom stereocenters. The molecule has 2 aliphatic rings. The maximum absolute atomic E-state index is 14.8. The SMILES string of the molecule is CC[C@H](C)[C@@H]([C@@H](CC(=O)N1CCC[C@H]1[C@H](OC)[C@@H](C)C(=O)N[C@H](C)[C@@H](O)c1ccc(C2CC(=O)OC2=O)cc1)OC)N(C)C(=O)[C@@H](NC(=O)[C@H](C(C)C)N(C)C(=O)OCc1ccc(NC(=O)[C@H](CCCNC(N)=O)NC(=O)[C@@H](N)C(C)C)cc1)C(C)C. The van der Waals surface area contributed by atoms with Crippen molar-refractivity contribution in [2.75, 3.05) is 46.7 Å². The second kappa shape index (κ2) is 33.8. The van der Waals surface area contributed by atoms with Crippen LogP contribution in [-0.4, -0.2) is 175 Å². The van der Waals surface area contributed by atoms with Gasteiger partial charge in [-0.15, -0.1) is 0 Å². The van der Waals surface area contributed by atoms with Crippen molar-refractivity contribution in [1.29, 1.82) is 0 Å². The number of ether oxygens (including phenoxy) is 4. The van der Waals surface area contributed by atoms with E-state index in [2.05, 4.69) is 31.3 Å². The molecular weight excluding hydrogens is 1120 g/mol. The van der Waals surface area contributed by atoms with E-state index in [0.29, 0.717) is 54.6 Å². The van der Waals surface area contributed by atoms with Gasteiger partial charge in [-0.05, 0) is 85.1 Å². The number of methoxy groups -OCH3 is 2. The molecule has 4 rings (SSSR count). The monoisotopic (exact) mass is 1220 g/mol. The van der Waals surface area contributed by atoms with E-state index in [9.17, 15) is 53.1 Å². The molecule has 87 heavy (non-hydrogen) atoms. The molecule has 2 aliphatic heterocycles. The Morgan fingerprint density at radius 1 is 0.793 bits per heavy atom. The molecule has 0 saturated carbocycles. The van der Waals surface area contributed by atoms with Gasteiger partial charge in [0.15, 0.2) is 0 Å². The van der Waals surface area contributed by atoms with Crippen LogP contribution in [0.3, 0.4) is 0 Å². The van der Waals surface area contributed by atoms with E-state index in [4.69, 9.17) is 25.7 Å². The number of carbonyl (C=O) groups is 10. The number of nitrogens with one attached hydrogen (secondary N) is 5. The van der Waals surface area contributed by atoms with Crippen LogP contribution in [0.5, 0.6) is 0 Å². The summed E-state index contributed by atoms with van der Waals surface area (Å²) in [4.78, 5) is 137. The van der Waals surface area contributed by atoms with Gasteiger partial charge in [-0.25, -0.2) is 9.59 Å². The van der Waals surface area contributed by atoms with Crippen LogP contribution < -0.4 is 38.1 Å². The number of carbonyl (C=O) groups excluding carboxylic acids is 10. The largest absolute Gasteiger partial charge is 0.445 e. The van der Waals surface area contributed by atoms with Crippen molar-refractivity contribution in [3.8, 4) is 0 Å². The first kappa shape index (κ1) is 72.3. The molecule has 0 aromatic heterocycles. The first-order valence-corrected chi connectivity index (χ1v) is 30.1. The summed E-state index contributed by atoms with van der Waals surface area (Å²) in [6.07, 6.45) is -1.31. The standard InChI is InChI=1S/C62H96N10O15/c1-15-36(8)52(46(84-13)31-47(73)72-29-17-19-45(72)54(85-14)37(9)55(76)66-38(10)53(75)41-24-22-40(23-25-41)43-30-48(74)87-60(43)81)70(11)59(80)50(34(4)5)69-58(79)51(35(6)7)71(12)62(83)86-32-39-20-26-42(27-21-39)67-56(77)44(18-16-28-65-61(64)82)68-57(78)49(63)33(2)3/h20-27,33-38,43-46,49-54,75H,15-19,28-32,63H2,1-14H3,(H,66,76)(H,67,77)(H,68,78)(H,69,79)(H3,64,65,82)/t36-,37+,38+,43?,44-,45-,46+,49-,50-,51-,52-,53+,54+/m0/s1. The molecule has 0 aliphatic carbocycles. The van der Waals surface area contributed by atoms with E-state index >= 15 is 0 Å². The fourth-order valence-electron chi connectivity index (χ4n) is 11.2. The molecule has 9 amide bonds. The minimum Gasteiger partial charge on any atom is -0.445 e. The lowest BCUT2D eigenvalue weighted by atomic mass is 9.89. The van der Waals surface area contributed by atoms with Crippen LogP contribution in [0.2, 0.25) is 0 Å². The quantitative estimate of drug-likeness (QED) is 0.0292. The fourth-order valence-corrected chi connectivity index (χ4v) is 11.2.